The molecule has 0 unspecified atom stereocenters. The largest absolute Gasteiger partial charge is 0.378 e. The number of nitrogens with zero attached hydrogens (tertiary/aromatic N) is 3. The Morgan fingerprint density at radius 1 is 1.12 bits per heavy atom. The van der Waals surface area contributed by atoms with Gasteiger partial charge in [0.05, 0.1) is 24.0 Å². The molecular formula is C19H21N3O2S. The molecular weight excluding hydrogens is 334 g/mol. The van der Waals surface area contributed by atoms with Crippen molar-refractivity contribution >= 4 is 23.4 Å². The topological polar surface area (TPSA) is 45.7 Å². The SMILES string of the molecule is O=C(CSc1ccccn1)N1Cc2ccc(N3CCOCC3)cc2C1. The lowest BCUT2D eigenvalue weighted by atomic mass is 10.1. The first-order valence-corrected chi connectivity index (χ1v) is 9.54. The van der Waals surface area contributed by atoms with Crippen molar-refractivity contribution in [1.82, 2.24) is 9.88 Å². The van der Waals surface area contributed by atoms with Crippen LogP contribution in [0.4, 0.5) is 5.69 Å². The van der Waals surface area contributed by atoms with Crippen molar-refractivity contribution in [2.45, 2.75) is 18.1 Å². The normalized spacial score (nSPS) is 16.8. The summed E-state index contributed by atoms with van der Waals surface area (Å²) in [5.41, 5.74) is 3.76. The van der Waals surface area contributed by atoms with Gasteiger partial charge in [0, 0.05) is 38.1 Å². The summed E-state index contributed by atoms with van der Waals surface area (Å²) in [6.07, 6.45) is 1.76. The Kier molecular flexibility index (Phi) is 4.90. The van der Waals surface area contributed by atoms with Crippen molar-refractivity contribution in [2.75, 3.05) is 37.0 Å². The van der Waals surface area contributed by atoms with E-state index in [-0.39, 0.29) is 5.91 Å². The molecule has 1 saturated heterocycles. The third-order valence-corrected chi connectivity index (χ3v) is 5.55. The smallest absolute Gasteiger partial charge is 0.233 e. The number of fused-ring (bicyclic) bond motifs is 1. The molecule has 4 rings (SSSR count). The molecule has 5 nitrogen and oxygen atoms in total. The number of thioether (sulfide) groups is 1. The Balaban J connectivity index is 1.38. The molecule has 2 aliphatic heterocycles. The van der Waals surface area contributed by atoms with Crippen molar-refractivity contribution in [3.05, 3.63) is 53.7 Å². The highest BCUT2D eigenvalue weighted by atomic mass is 32.2. The number of ether oxygens (including phenoxy) is 1. The second-order valence-corrected chi connectivity index (χ2v) is 7.25. The van der Waals surface area contributed by atoms with Crippen LogP contribution in [0.15, 0.2) is 47.6 Å². The number of rotatable bonds is 4. The number of aromatic nitrogens is 1. The van der Waals surface area contributed by atoms with Crippen LogP contribution in [0.1, 0.15) is 11.1 Å². The van der Waals surface area contributed by atoms with Gasteiger partial charge >= 0.3 is 0 Å². The molecule has 2 aromatic rings. The number of carbonyl (C=O) groups is 1. The van der Waals surface area contributed by atoms with Crippen molar-refractivity contribution < 1.29 is 9.53 Å². The highest BCUT2D eigenvalue weighted by Gasteiger charge is 2.24. The van der Waals surface area contributed by atoms with Crippen LogP contribution >= 0.6 is 11.8 Å². The summed E-state index contributed by atoms with van der Waals surface area (Å²) in [6, 6.07) is 12.3. The van der Waals surface area contributed by atoms with E-state index in [4.69, 9.17) is 4.74 Å². The number of benzene rings is 1. The summed E-state index contributed by atoms with van der Waals surface area (Å²) in [5.74, 6) is 0.598. The summed E-state index contributed by atoms with van der Waals surface area (Å²) in [5, 5.41) is 0.891. The Morgan fingerprint density at radius 3 is 2.76 bits per heavy atom. The van der Waals surface area contributed by atoms with Crippen molar-refractivity contribution in [2.24, 2.45) is 0 Å². The molecule has 1 aromatic carbocycles. The molecule has 1 fully saturated rings. The van der Waals surface area contributed by atoms with E-state index in [0.717, 1.165) is 31.3 Å². The zero-order valence-corrected chi connectivity index (χ0v) is 14.9. The van der Waals surface area contributed by atoms with Crippen LogP contribution in [0.5, 0.6) is 0 Å². The zero-order chi connectivity index (χ0) is 17.1. The number of hydrogen-bond donors (Lipinski definition) is 0. The van der Waals surface area contributed by atoms with Gasteiger partial charge < -0.3 is 14.5 Å². The van der Waals surface area contributed by atoms with Crippen molar-refractivity contribution in [3.63, 3.8) is 0 Å². The maximum Gasteiger partial charge on any atom is 0.233 e. The summed E-state index contributed by atoms with van der Waals surface area (Å²) in [7, 11) is 0. The Bertz CT molecular complexity index is 748. The van der Waals surface area contributed by atoms with E-state index in [1.54, 1.807) is 6.20 Å². The molecule has 1 aromatic heterocycles. The maximum atomic E-state index is 12.5. The second-order valence-electron chi connectivity index (χ2n) is 6.26. The van der Waals surface area contributed by atoms with E-state index in [2.05, 4.69) is 28.1 Å². The highest BCUT2D eigenvalue weighted by molar-refractivity contribution is 7.99. The Morgan fingerprint density at radius 2 is 1.96 bits per heavy atom. The van der Waals surface area contributed by atoms with Gasteiger partial charge in [0.15, 0.2) is 0 Å². The first-order valence-electron chi connectivity index (χ1n) is 8.56. The summed E-state index contributed by atoms with van der Waals surface area (Å²) >= 11 is 1.50. The molecule has 6 heteroatoms. The minimum absolute atomic E-state index is 0.166. The van der Waals surface area contributed by atoms with Crippen LogP contribution in [0, 0.1) is 0 Å². The average molecular weight is 355 g/mol. The van der Waals surface area contributed by atoms with E-state index < -0.39 is 0 Å². The first-order chi connectivity index (χ1) is 12.3. The number of morpholine rings is 1. The highest BCUT2D eigenvalue weighted by Crippen LogP contribution is 2.28. The van der Waals surface area contributed by atoms with Gasteiger partial charge in [-0.2, -0.15) is 0 Å². The zero-order valence-electron chi connectivity index (χ0n) is 14.1. The molecule has 3 heterocycles. The molecule has 0 radical (unpaired) electrons. The standard InChI is InChI=1S/C19H21N3O2S/c23-19(14-25-18-3-1-2-6-20-18)22-12-15-4-5-17(11-16(15)13-22)21-7-9-24-10-8-21/h1-6,11H,7-10,12-14H2. The van der Waals surface area contributed by atoms with Gasteiger partial charge in [-0.25, -0.2) is 4.98 Å². The predicted molar refractivity (Wildman–Crippen MR) is 98.7 cm³/mol. The van der Waals surface area contributed by atoms with E-state index in [0.29, 0.717) is 18.8 Å². The van der Waals surface area contributed by atoms with Crippen LogP contribution in [0.2, 0.25) is 0 Å². The van der Waals surface area contributed by atoms with Crippen molar-refractivity contribution in [1.29, 1.82) is 0 Å². The van der Waals surface area contributed by atoms with Crippen molar-refractivity contribution in [3.8, 4) is 0 Å². The molecule has 0 spiro atoms. The Hall–Kier alpha value is -2.05. The fourth-order valence-corrected chi connectivity index (χ4v) is 4.00. The van der Waals surface area contributed by atoms with Crippen LogP contribution in [0.25, 0.3) is 0 Å². The molecule has 2 aliphatic rings. The maximum absolute atomic E-state index is 12.5. The molecule has 0 saturated carbocycles. The van der Waals surface area contributed by atoms with Gasteiger partial charge in [-0.05, 0) is 35.4 Å². The van der Waals surface area contributed by atoms with Crippen LogP contribution in [-0.2, 0) is 22.6 Å². The van der Waals surface area contributed by atoms with E-state index in [9.17, 15) is 4.79 Å². The lowest BCUT2D eigenvalue weighted by Crippen LogP contribution is -2.36. The van der Waals surface area contributed by atoms with E-state index in [1.165, 1.54) is 28.6 Å². The number of carbonyl (C=O) groups excluding carboxylic acids is 1. The monoisotopic (exact) mass is 355 g/mol. The third-order valence-electron chi connectivity index (χ3n) is 4.62. The second kappa shape index (κ2) is 7.45. The fraction of sp³-hybridized carbons (Fsp3) is 0.368. The molecule has 130 valence electrons. The van der Waals surface area contributed by atoms with Gasteiger partial charge in [-0.3, -0.25) is 4.79 Å². The van der Waals surface area contributed by atoms with Crippen LogP contribution < -0.4 is 4.90 Å². The minimum atomic E-state index is 0.166. The number of amides is 1. The van der Waals surface area contributed by atoms with Gasteiger partial charge in [0.1, 0.15) is 0 Å². The van der Waals surface area contributed by atoms with Crippen LogP contribution in [-0.4, -0.2) is 47.8 Å². The Labute approximate surface area is 152 Å². The summed E-state index contributed by atoms with van der Waals surface area (Å²) in [6.45, 7) is 4.85. The number of anilines is 1. The van der Waals surface area contributed by atoms with Gasteiger partial charge in [-0.15, -0.1) is 0 Å². The lowest BCUT2D eigenvalue weighted by Gasteiger charge is -2.29. The van der Waals surface area contributed by atoms with Crippen LogP contribution in [0.3, 0.4) is 0 Å². The predicted octanol–water partition coefficient (Wildman–Crippen LogP) is 2.55. The van der Waals surface area contributed by atoms with E-state index in [1.807, 2.05) is 23.1 Å². The van der Waals surface area contributed by atoms with Gasteiger partial charge in [0.2, 0.25) is 5.91 Å². The fourth-order valence-electron chi connectivity index (χ4n) is 3.23. The lowest BCUT2D eigenvalue weighted by molar-refractivity contribution is -0.128. The average Bonchev–Trinajstić information content (AvgIpc) is 3.11. The molecule has 0 atom stereocenters. The minimum Gasteiger partial charge on any atom is -0.378 e. The molecule has 0 aliphatic carbocycles. The summed E-state index contributed by atoms with van der Waals surface area (Å²) in [4.78, 5) is 21.1. The summed E-state index contributed by atoms with van der Waals surface area (Å²) < 4.78 is 5.42. The van der Waals surface area contributed by atoms with Gasteiger partial charge in [0.25, 0.3) is 0 Å². The quantitative estimate of drug-likeness (QED) is 0.789. The molecule has 0 bridgehead atoms. The molecule has 25 heavy (non-hydrogen) atoms. The van der Waals surface area contributed by atoms with E-state index >= 15 is 0 Å². The molecule has 1 amide bonds. The van der Waals surface area contributed by atoms with Gasteiger partial charge in [-0.1, -0.05) is 23.9 Å². The molecule has 0 N–H and O–H groups in total. The first kappa shape index (κ1) is 16.4. The number of pyridine rings is 1. The third kappa shape index (κ3) is 3.80. The number of hydrogen-bond acceptors (Lipinski definition) is 5.